The Morgan fingerprint density at radius 3 is 2.76 bits per heavy atom. The minimum Gasteiger partial charge on any atom is -0.490 e. The van der Waals surface area contributed by atoms with Gasteiger partial charge in [-0.15, -0.1) is 0 Å². The molecule has 0 aromatic heterocycles. The Kier molecular flexibility index (Phi) is 5.99. The average molecular weight is 295 g/mol. The first-order valence-electron chi connectivity index (χ1n) is 6.18. The third-order valence-corrected chi connectivity index (χ3v) is 2.31. The zero-order chi connectivity index (χ0) is 15.8. The second kappa shape index (κ2) is 7.73. The third-order valence-electron chi connectivity index (χ3n) is 2.31. The summed E-state index contributed by atoms with van der Waals surface area (Å²) in [5, 5.41) is 12.5. The molecule has 1 rings (SSSR count). The zero-order valence-electron chi connectivity index (χ0n) is 11.7. The molecule has 0 aliphatic rings. The summed E-state index contributed by atoms with van der Waals surface area (Å²) in [5.74, 6) is -0.380. The largest absolute Gasteiger partial charge is 0.490 e. The molecular weight excluding hydrogens is 278 g/mol. The number of ether oxygens (including phenoxy) is 2. The highest BCUT2D eigenvalue weighted by atomic mass is 16.5. The van der Waals surface area contributed by atoms with E-state index in [1.54, 1.807) is 25.1 Å². The Morgan fingerprint density at radius 1 is 1.48 bits per heavy atom. The van der Waals surface area contributed by atoms with Crippen molar-refractivity contribution in [2.75, 3.05) is 6.61 Å². The van der Waals surface area contributed by atoms with Crippen LogP contribution in [0.5, 0.6) is 11.5 Å². The predicted octanol–water partition coefficient (Wildman–Crippen LogP) is 0.939. The quantitative estimate of drug-likeness (QED) is 0.510. The van der Waals surface area contributed by atoms with Crippen molar-refractivity contribution < 1.29 is 24.2 Å². The number of urea groups is 1. The Morgan fingerprint density at radius 2 is 2.19 bits per heavy atom. The molecule has 1 atom stereocenters. The van der Waals surface area contributed by atoms with Gasteiger partial charge in [0.25, 0.3) is 0 Å². The maximum Gasteiger partial charge on any atom is 0.344 e. The van der Waals surface area contributed by atoms with E-state index in [0.717, 1.165) is 0 Å². The zero-order valence-corrected chi connectivity index (χ0v) is 11.7. The standard InChI is InChI=1S/C13H17N3O5/c1-3-20-11-6-9(7-15-16-13(14)19)4-5-10(11)21-8(2)12(17)18/h4-8H,3H2,1-2H3,(H,17,18)(H3,14,16,19). The minimum absolute atomic E-state index is 0.312. The van der Waals surface area contributed by atoms with Crippen LogP contribution in [0.15, 0.2) is 23.3 Å². The summed E-state index contributed by atoms with van der Waals surface area (Å²) in [4.78, 5) is 21.3. The summed E-state index contributed by atoms with van der Waals surface area (Å²) >= 11 is 0. The van der Waals surface area contributed by atoms with Crippen LogP contribution in [0.1, 0.15) is 19.4 Å². The minimum atomic E-state index is -1.08. The maximum absolute atomic E-state index is 10.8. The van der Waals surface area contributed by atoms with Gasteiger partial charge in [0.15, 0.2) is 17.6 Å². The number of carboxylic acids is 1. The van der Waals surface area contributed by atoms with E-state index in [-0.39, 0.29) is 0 Å². The third kappa shape index (κ3) is 5.39. The summed E-state index contributed by atoms with van der Waals surface area (Å²) in [6.45, 7) is 3.60. The van der Waals surface area contributed by atoms with Gasteiger partial charge in [0.2, 0.25) is 0 Å². The van der Waals surface area contributed by atoms with Crippen LogP contribution in [0.4, 0.5) is 4.79 Å². The number of rotatable bonds is 7. The van der Waals surface area contributed by atoms with Crippen molar-refractivity contribution >= 4 is 18.2 Å². The van der Waals surface area contributed by atoms with Gasteiger partial charge in [0.05, 0.1) is 12.8 Å². The number of nitrogens with zero attached hydrogens (tertiary/aromatic N) is 1. The summed E-state index contributed by atoms with van der Waals surface area (Å²) < 4.78 is 10.7. The number of carbonyl (C=O) groups is 2. The molecule has 2 amide bonds. The fourth-order valence-electron chi connectivity index (χ4n) is 1.38. The van der Waals surface area contributed by atoms with Crippen molar-refractivity contribution in [1.29, 1.82) is 0 Å². The van der Waals surface area contributed by atoms with Gasteiger partial charge >= 0.3 is 12.0 Å². The normalized spacial score (nSPS) is 11.9. The first kappa shape index (κ1) is 16.3. The molecule has 1 unspecified atom stereocenters. The number of hydrogen-bond acceptors (Lipinski definition) is 5. The molecule has 0 aliphatic carbocycles. The smallest absolute Gasteiger partial charge is 0.344 e. The molecule has 8 nitrogen and oxygen atoms in total. The van der Waals surface area contributed by atoms with Crippen LogP contribution < -0.4 is 20.6 Å². The second-order valence-electron chi connectivity index (χ2n) is 3.97. The number of hydrazone groups is 1. The molecule has 114 valence electrons. The van der Waals surface area contributed by atoms with Crippen molar-refractivity contribution in [2.45, 2.75) is 20.0 Å². The Balaban J connectivity index is 2.92. The molecule has 0 bridgehead atoms. The Hall–Kier alpha value is -2.77. The Bertz CT molecular complexity index is 545. The van der Waals surface area contributed by atoms with Crippen molar-refractivity contribution in [1.82, 2.24) is 5.43 Å². The van der Waals surface area contributed by atoms with Crippen molar-refractivity contribution in [2.24, 2.45) is 10.8 Å². The fourth-order valence-corrected chi connectivity index (χ4v) is 1.38. The van der Waals surface area contributed by atoms with Crippen LogP contribution in [0.25, 0.3) is 0 Å². The molecule has 0 saturated carbocycles. The first-order chi connectivity index (χ1) is 9.93. The molecule has 21 heavy (non-hydrogen) atoms. The first-order valence-corrected chi connectivity index (χ1v) is 6.18. The molecule has 1 aromatic rings. The lowest BCUT2D eigenvalue weighted by atomic mass is 10.2. The van der Waals surface area contributed by atoms with E-state index < -0.39 is 18.1 Å². The number of carboxylic acid groups (broad SMARTS) is 1. The number of nitrogens with two attached hydrogens (primary N) is 1. The molecule has 0 saturated heterocycles. The number of amides is 2. The number of hydrogen-bond donors (Lipinski definition) is 3. The lowest BCUT2D eigenvalue weighted by molar-refractivity contribution is -0.144. The molecule has 8 heteroatoms. The van der Waals surface area contributed by atoms with Crippen LogP contribution in [-0.4, -0.2) is 36.0 Å². The Labute approximate surface area is 121 Å². The van der Waals surface area contributed by atoms with Gasteiger partial charge < -0.3 is 20.3 Å². The van der Waals surface area contributed by atoms with Gasteiger partial charge in [-0.25, -0.2) is 15.0 Å². The average Bonchev–Trinajstić information content (AvgIpc) is 2.41. The predicted molar refractivity (Wildman–Crippen MR) is 75.6 cm³/mol. The summed E-state index contributed by atoms with van der Waals surface area (Å²) in [6.07, 6.45) is 0.373. The molecule has 0 radical (unpaired) electrons. The van der Waals surface area contributed by atoms with E-state index in [2.05, 4.69) is 10.5 Å². The van der Waals surface area contributed by atoms with Crippen LogP contribution in [0.3, 0.4) is 0 Å². The maximum atomic E-state index is 10.8. The van der Waals surface area contributed by atoms with E-state index >= 15 is 0 Å². The monoisotopic (exact) mass is 295 g/mol. The van der Waals surface area contributed by atoms with E-state index in [1.807, 2.05) is 0 Å². The lowest BCUT2D eigenvalue weighted by Gasteiger charge is -2.15. The number of aliphatic carboxylic acids is 1. The van der Waals surface area contributed by atoms with Gasteiger partial charge in [0.1, 0.15) is 0 Å². The second-order valence-corrected chi connectivity index (χ2v) is 3.97. The highest BCUT2D eigenvalue weighted by molar-refractivity contribution is 5.82. The molecule has 0 aliphatic heterocycles. The molecule has 4 N–H and O–H groups in total. The summed E-state index contributed by atoms with van der Waals surface area (Å²) in [5.41, 5.74) is 7.57. The van der Waals surface area contributed by atoms with Crippen LogP contribution in [-0.2, 0) is 4.79 Å². The van der Waals surface area contributed by atoms with Crippen LogP contribution in [0, 0.1) is 0 Å². The van der Waals surface area contributed by atoms with Gasteiger partial charge in [-0.2, -0.15) is 5.10 Å². The molecule has 0 heterocycles. The fraction of sp³-hybridized carbons (Fsp3) is 0.308. The van der Waals surface area contributed by atoms with Gasteiger partial charge in [-0.3, -0.25) is 0 Å². The van der Waals surface area contributed by atoms with E-state index in [1.165, 1.54) is 13.1 Å². The van der Waals surface area contributed by atoms with E-state index in [0.29, 0.717) is 23.7 Å². The molecule has 0 fully saturated rings. The number of benzene rings is 1. The van der Waals surface area contributed by atoms with Gasteiger partial charge in [0, 0.05) is 0 Å². The van der Waals surface area contributed by atoms with Gasteiger partial charge in [-0.05, 0) is 37.6 Å². The van der Waals surface area contributed by atoms with Gasteiger partial charge in [-0.1, -0.05) is 0 Å². The molecular formula is C13H17N3O5. The molecule has 0 spiro atoms. The van der Waals surface area contributed by atoms with Crippen molar-refractivity contribution in [3.05, 3.63) is 23.8 Å². The van der Waals surface area contributed by atoms with Crippen molar-refractivity contribution in [3.8, 4) is 11.5 Å². The highest BCUT2D eigenvalue weighted by Crippen LogP contribution is 2.29. The molecule has 1 aromatic carbocycles. The summed E-state index contributed by atoms with van der Waals surface area (Å²) in [7, 11) is 0. The van der Waals surface area contributed by atoms with Crippen molar-refractivity contribution in [3.63, 3.8) is 0 Å². The van der Waals surface area contributed by atoms with Crippen LogP contribution in [0.2, 0.25) is 0 Å². The topological polar surface area (TPSA) is 123 Å². The van der Waals surface area contributed by atoms with E-state index in [9.17, 15) is 9.59 Å². The number of carbonyl (C=O) groups excluding carboxylic acids is 1. The number of primary amides is 1. The number of nitrogens with one attached hydrogen (secondary N) is 1. The van der Waals surface area contributed by atoms with E-state index in [4.69, 9.17) is 20.3 Å². The lowest BCUT2D eigenvalue weighted by Crippen LogP contribution is -2.24. The van der Waals surface area contributed by atoms with Crippen LogP contribution >= 0.6 is 0 Å². The SMILES string of the molecule is CCOc1cc(C=NNC(N)=O)ccc1OC(C)C(=O)O. The highest BCUT2D eigenvalue weighted by Gasteiger charge is 2.15. The summed E-state index contributed by atoms with van der Waals surface area (Å²) in [6, 6.07) is 4.04.